The third kappa shape index (κ3) is 4.64. The Hall–Kier alpha value is -2.83. The molecular formula is C14H15N3O4. The Morgan fingerprint density at radius 2 is 2.10 bits per heavy atom. The van der Waals surface area contributed by atoms with Gasteiger partial charge in [0.25, 0.3) is 0 Å². The van der Waals surface area contributed by atoms with Gasteiger partial charge >= 0.3 is 12.0 Å². The third-order valence-corrected chi connectivity index (χ3v) is 2.63. The minimum absolute atomic E-state index is 0.148. The highest BCUT2D eigenvalue weighted by Crippen LogP contribution is 2.08. The van der Waals surface area contributed by atoms with E-state index in [0.717, 1.165) is 5.76 Å². The number of carboxylic acid groups (broad SMARTS) is 1. The van der Waals surface area contributed by atoms with Crippen molar-refractivity contribution in [3.8, 4) is 0 Å². The van der Waals surface area contributed by atoms with Crippen LogP contribution in [0.2, 0.25) is 0 Å². The molecule has 0 aromatic carbocycles. The van der Waals surface area contributed by atoms with Gasteiger partial charge in [-0.15, -0.1) is 0 Å². The summed E-state index contributed by atoms with van der Waals surface area (Å²) in [5.41, 5.74) is 0.914. The monoisotopic (exact) mass is 289 g/mol. The summed E-state index contributed by atoms with van der Waals surface area (Å²) in [7, 11) is 0. The highest BCUT2D eigenvalue weighted by molar-refractivity contribution is 5.88. The van der Waals surface area contributed by atoms with Crippen molar-refractivity contribution in [2.75, 3.05) is 5.32 Å². The fourth-order valence-corrected chi connectivity index (χ4v) is 1.68. The fourth-order valence-electron chi connectivity index (χ4n) is 1.68. The topological polar surface area (TPSA) is 104 Å². The molecule has 0 atom stereocenters. The number of nitrogens with zero attached hydrogens (tertiary/aromatic N) is 1. The molecule has 0 saturated carbocycles. The second-order valence-corrected chi connectivity index (χ2v) is 4.43. The van der Waals surface area contributed by atoms with Crippen LogP contribution in [0.5, 0.6) is 0 Å². The van der Waals surface area contributed by atoms with Gasteiger partial charge in [0.1, 0.15) is 11.5 Å². The van der Waals surface area contributed by atoms with Gasteiger partial charge in [0.15, 0.2) is 0 Å². The van der Waals surface area contributed by atoms with Crippen LogP contribution in [-0.2, 0) is 17.8 Å². The number of carbonyl (C=O) groups is 2. The van der Waals surface area contributed by atoms with Crippen LogP contribution in [0.4, 0.5) is 10.5 Å². The van der Waals surface area contributed by atoms with Gasteiger partial charge in [0, 0.05) is 0 Å². The van der Waals surface area contributed by atoms with E-state index in [1.807, 2.05) is 13.0 Å². The Balaban J connectivity index is 1.83. The summed E-state index contributed by atoms with van der Waals surface area (Å²) in [6, 6.07) is 6.37. The van der Waals surface area contributed by atoms with Crippen LogP contribution in [-0.4, -0.2) is 22.1 Å². The fraction of sp³-hybridized carbons (Fsp3) is 0.214. The van der Waals surface area contributed by atoms with Gasteiger partial charge < -0.3 is 20.2 Å². The van der Waals surface area contributed by atoms with Gasteiger partial charge in [0.2, 0.25) is 0 Å². The Labute approximate surface area is 121 Å². The molecule has 2 aromatic heterocycles. The van der Waals surface area contributed by atoms with Crippen molar-refractivity contribution in [2.45, 2.75) is 19.9 Å². The number of urea groups is 1. The van der Waals surface area contributed by atoms with E-state index in [4.69, 9.17) is 9.52 Å². The van der Waals surface area contributed by atoms with Crippen molar-refractivity contribution in [3.05, 3.63) is 47.7 Å². The Morgan fingerprint density at radius 3 is 2.67 bits per heavy atom. The first-order valence-electron chi connectivity index (χ1n) is 6.30. The van der Waals surface area contributed by atoms with E-state index in [0.29, 0.717) is 17.1 Å². The lowest BCUT2D eigenvalue weighted by atomic mass is 10.2. The SMILES string of the molecule is Cc1ccc(CNC(=O)Nc2ccc(CC(=O)O)nc2)o1. The summed E-state index contributed by atoms with van der Waals surface area (Å²) in [6.07, 6.45) is 1.26. The molecule has 2 heterocycles. The van der Waals surface area contributed by atoms with Gasteiger partial charge in [-0.3, -0.25) is 9.78 Å². The average molecular weight is 289 g/mol. The second-order valence-electron chi connectivity index (χ2n) is 4.43. The first kappa shape index (κ1) is 14.6. The number of amides is 2. The smallest absolute Gasteiger partial charge is 0.319 e. The van der Waals surface area contributed by atoms with E-state index in [2.05, 4.69) is 15.6 Å². The number of aryl methyl sites for hydroxylation is 1. The standard InChI is InChI=1S/C14H15N3O4/c1-9-2-5-12(21-9)8-16-14(20)17-11-4-3-10(15-7-11)6-13(18)19/h2-5,7H,6,8H2,1H3,(H,18,19)(H2,16,17,20). The van der Waals surface area contributed by atoms with Gasteiger partial charge in [-0.05, 0) is 31.2 Å². The molecular weight excluding hydrogens is 274 g/mol. The summed E-state index contributed by atoms with van der Waals surface area (Å²) in [5.74, 6) is 0.498. The maximum atomic E-state index is 11.7. The van der Waals surface area contributed by atoms with Gasteiger partial charge in [-0.1, -0.05) is 0 Å². The molecule has 2 aromatic rings. The first-order valence-corrected chi connectivity index (χ1v) is 6.30. The normalized spacial score (nSPS) is 10.1. The summed E-state index contributed by atoms with van der Waals surface area (Å²) in [4.78, 5) is 26.1. The van der Waals surface area contributed by atoms with Crippen LogP contribution in [0.3, 0.4) is 0 Å². The number of nitrogens with one attached hydrogen (secondary N) is 2. The molecule has 0 aliphatic carbocycles. The molecule has 2 amide bonds. The average Bonchev–Trinajstić information content (AvgIpc) is 2.84. The molecule has 7 heteroatoms. The van der Waals surface area contributed by atoms with Crippen LogP contribution in [0.1, 0.15) is 17.2 Å². The Bertz CT molecular complexity index is 634. The Morgan fingerprint density at radius 1 is 1.29 bits per heavy atom. The lowest BCUT2D eigenvalue weighted by Crippen LogP contribution is -2.28. The highest BCUT2D eigenvalue weighted by Gasteiger charge is 2.05. The Kier molecular flexibility index (Phi) is 4.55. The molecule has 0 bridgehead atoms. The van der Waals surface area contributed by atoms with Gasteiger partial charge in [-0.25, -0.2) is 4.79 Å². The van der Waals surface area contributed by atoms with Gasteiger partial charge in [-0.2, -0.15) is 0 Å². The van der Waals surface area contributed by atoms with Crippen molar-refractivity contribution in [2.24, 2.45) is 0 Å². The van der Waals surface area contributed by atoms with Crippen molar-refractivity contribution in [3.63, 3.8) is 0 Å². The van der Waals surface area contributed by atoms with E-state index >= 15 is 0 Å². The zero-order valence-corrected chi connectivity index (χ0v) is 11.4. The predicted octanol–water partition coefficient (Wildman–Crippen LogP) is 1.93. The molecule has 21 heavy (non-hydrogen) atoms. The molecule has 3 N–H and O–H groups in total. The summed E-state index contributed by atoms with van der Waals surface area (Å²) < 4.78 is 5.33. The lowest BCUT2D eigenvalue weighted by molar-refractivity contribution is -0.136. The summed E-state index contributed by atoms with van der Waals surface area (Å²) in [6.45, 7) is 2.11. The minimum atomic E-state index is -0.949. The largest absolute Gasteiger partial charge is 0.481 e. The molecule has 7 nitrogen and oxygen atoms in total. The zero-order chi connectivity index (χ0) is 15.2. The molecule has 2 rings (SSSR count). The van der Waals surface area contributed by atoms with Crippen LogP contribution in [0, 0.1) is 6.92 Å². The van der Waals surface area contributed by atoms with Crippen LogP contribution in [0.25, 0.3) is 0 Å². The summed E-state index contributed by atoms with van der Waals surface area (Å²) >= 11 is 0. The third-order valence-electron chi connectivity index (χ3n) is 2.63. The van der Waals surface area contributed by atoms with E-state index in [1.54, 1.807) is 18.2 Å². The minimum Gasteiger partial charge on any atom is -0.481 e. The number of hydrogen-bond donors (Lipinski definition) is 3. The number of aliphatic carboxylic acids is 1. The molecule has 110 valence electrons. The van der Waals surface area contributed by atoms with Gasteiger partial charge in [0.05, 0.1) is 30.5 Å². The molecule has 0 aliphatic rings. The number of hydrogen-bond acceptors (Lipinski definition) is 4. The molecule has 0 spiro atoms. The number of furan rings is 1. The number of aromatic nitrogens is 1. The van der Waals surface area contributed by atoms with Crippen LogP contribution >= 0.6 is 0 Å². The number of carbonyl (C=O) groups excluding carboxylic acids is 1. The lowest BCUT2D eigenvalue weighted by Gasteiger charge is -2.06. The molecule has 0 fully saturated rings. The number of rotatable bonds is 5. The number of pyridine rings is 1. The molecule has 0 saturated heterocycles. The van der Waals surface area contributed by atoms with Crippen molar-refractivity contribution < 1.29 is 19.1 Å². The molecule has 0 aliphatic heterocycles. The number of carboxylic acids is 1. The van der Waals surface area contributed by atoms with Crippen molar-refractivity contribution in [1.82, 2.24) is 10.3 Å². The molecule has 0 unspecified atom stereocenters. The predicted molar refractivity (Wildman–Crippen MR) is 74.9 cm³/mol. The van der Waals surface area contributed by atoms with Crippen molar-refractivity contribution >= 4 is 17.7 Å². The zero-order valence-electron chi connectivity index (χ0n) is 11.4. The molecule has 0 radical (unpaired) electrons. The van der Waals surface area contributed by atoms with E-state index in [9.17, 15) is 9.59 Å². The van der Waals surface area contributed by atoms with E-state index < -0.39 is 12.0 Å². The quantitative estimate of drug-likeness (QED) is 0.780. The van der Waals surface area contributed by atoms with Crippen LogP contribution < -0.4 is 10.6 Å². The summed E-state index contributed by atoms with van der Waals surface area (Å²) in [5, 5.41) is 13.9. The first-order chi connectivity index (χ1) is 10.0. The van der Waals surface area contributed by atoms with Crippen LogP contribution in [0.15, 0.2) is 34.9 Å². The number of anilines is 1. The maximum Gasteiger partial charge on any atom is 0.319 e. The highest BCUT2D eigenvalue weighted by atomic mass is 16.4. The van der Waals surface area contributed by atoms with E-state index in [1.165, 1.54) is 6.20 Å². The van der Waals surface area contributed by atoms with E-state index in [-0.39, 0.29) is 13.0 Å². The van der Waals surface area contributed by atoms with Crippen molar-refractivity contribution in [1.29, 1.82) is 0 Å². The maximum absolute atomic E-state index is 11.7. The second kappa shape index (κ2) is 6.56.